The SMILES string of the molecule is COc1ccc(C(=S)NCc2ccccc2)cc1OC. The molecule has 2 aromatic rings. The number of ether oxygens (including phenoxy) is 2. The first-order valence-corrected chi connectivity index (χ1v) is 6.69. The Morgan fingerprint density at radius 3 is 2.35 bits per heavy atom. The van der Waals surface area contributed by atoms with E-state index in [1.54, 1.807) is 14.2 Å². The van der Waals surface area contributed by atoms with Crippen LogP contribution in [0.25, 0.3) is 0 Å². The smallest absolute Gasteiger partial charge is 0.161 e. The van der Waals surface area contributed by atoms with Crippen molar-refractivity contribution in [1.29, 1.82) is 0 Å². The zero-order valence-corrected chi connectivity index (χ0v) is 12.4. The Bertz CT molecular complexity index is 584. The van der Waals surface area contributed by atoms with E-state index in [0.29, 0.717) is 23.0 Å². The Morgan fingerprint density at radius 1 is 1.00 bits per heavy atom. The predicted molar refractivity (Wildman–Crippen MR) is 84.5 cm³/mol. The Hall–Kier alpha value is -2.07. The van der Waals surface area contributed by atoms with E-state index < -0.39 is 0 Å². The second-order valence-electron chi connectivity index (χ2n) is 4.24. The van der Waals surface area contributed by atoms with Crippen LogP contribution in [0.4, 0.5) is 0 Å². The van der Waals surface area contributed by atoms with Crippen LogP contribution < -0.4 is 14.8 Å². The predicted octanol–water partition coefficient (Wildman–Crippen LogP) is 3.17. The Labute approximate surface area is 124 Å². The molecule has 0 aliphatic rings. The molecule has 0 saturated carbocycles. The van der Waals surface area contributed by atoms with Gasteiger partial charge in [-0.2, -0.15) is 0 Å². The highest BCUT2D eigenvalue weighted by Gasteiger charge is 2.07. The van der Waals surface area contributed by atoms with Crippen LogP contribution in [-0.4, -0.2) is 19.2 Å². The molecule has 0 heterocycles. The molecule has 3 nitrogen and oxygen atoms in total. The number of hydrogen-bond acceptors (Lipinski definition) is 3. The Balaban J connectivity index is 2.06. The molecule has 20 heavy (non-hydrogen) atoms. The van der Waals surface area contributed by atoms with E-state index in [1.807, 2.05) is 36.4 Å². The molecule has 0 aliphatic heterocycles. The molecule has 0 radical (unpaired) electrons. The van der Waals surface area contributed by atoms with Crippen LogP contribution in [0, 0.1) is 0 Å². The number of thiocarbonyl (C=S) groups is 1. The maximum atomic E-state index is 5.40. The second kappa shape index (κ2) is 6.91. The molecule has 2 rings (SSSR count). The average Bonchev–Trinajstić information content (AvgIpc) is 2.52. The molecular formula is C16H17NO2S. The molecule has 0 aliphatic carbocycles. The zero-order chi connectivity index (χ0) is 14.4. The van der Waals surface area contributed by atoms with Crippen LogP contribution in [-0.2, 0) is 6.54 Å². The van der Waals surface area contributed by atoms with Crippen LogP contribution in [0.3, 0.4) is 0 Å². The van der Waals surface area contributed by atoms with Gasteiger partial charge < -0.3 is 14.8 Å². The maximum absolute atomic E-state index is 5.40. The number of rotatable bonds is 5. The largest absolute Gasteiger partial charge is 0.493 e. The molecule has 0 atom stereocenters. The third-order valence-electron chi connectivity index (χ3n) is 2.94. The van der Waals surface area contributed by atoms with Gasteiger partial charge in [0, 0.05) is 12.1 Å². The maximum Gasteiger partial charge on any atom is 0.161 e. The summed E-state index contributed by atoms with van der Waals surface area (Å²) in [6.07, 6.45) is 0. The van der Waals surface area contributed by atoms with E-state index in [9.17, 15) is 0 Å². The first-order chi connectivity index (χ1) is 9.74. The van der Waals surface area contributed by atoms with Gasteiger partial charge in [0.25, 0.3) is 0 Å². The average molecular weight is 287 g/mol. The van der Waals surface area contributed by atoms with E-state index in [2.05, 4.69) is 17.4 Å². The van der Waals surface area contributed by atoms with E-state index >= 15 is 0 Å². The minimum atomic E-state index is 0.675. The highest BCUT2D eigenvalue weighted by molar-refractivity contribution is 7.80. The molecule has 1 N–H and O–H groups in total. The van der Waals surface area contributed by atoms with Gasteiger partial charge >= 0.3 is 0 Å². The van der Waals surface area contributed by atoms with Crippen molar-refractivity contribution in [2.24, 2.45) is 0 Å². The summed E-state index contributed by atoms with van der Waals surface area (Å²) < 4.78 is 10.5. The lowest BCUT2D eigenvalue weighted by Gasteiger charge is -2.12. The molecule has 0 fully saturated rings. The summed E-state index contributed by atoms with van der Waals surface area (Å²) in [6.45, 7) is 0.702. The van der Waals surface area contributed by atoms with Crippen molar-refractivity contribution in [3.63, 3.8) is 0 Å². The summed E-state index contributed by atoms with van der Waals surface area (Å²) in [6, 6.07) is 15.8. The van der Waals surface area contributed by atoms with Gasteiger partial charge in [-0.15, -0.1) is 0 Å². The summed E-state index contributed by atoms with van der Waals surface area (Å²) in [5.74, 6) is 1.37. The topological polar surface area (TPSA) is 30.5 Å². The lowest BCUT2D eigenvalue weighted by Crippen LogP contribution is -2.21. The van der Waals surface area contributed by atoms with Gasteiger partial charge in [0.05, 0.1) is 14.2 Å². The fraction of sp³-hybridized carbons (Fsp3) is 0.188. The highest BCUT2D eigenvalue weighted by atomic mass is 32.1. The standard InChI is InChI=1S/C16H17NO2S/c1-18-14-9-8-13(10-15(14)19-2)16(20)17-11-12-6-4-3-5-7-12/h3-10H,11H2,1-2H3,(H,17,20). The Kier molecular flexibility index (Phi) is 4.96. The van der Waals surface area contributed by atoms with Crippen molar-refractivity contribution in [3.8, 4) is 11.5 Å². The minimum Gasteiger partial charge on any atom is -0.493 e. The van der Waals surface area contributed by atoms with Crippen molar-refractivity contribution < 1.29 is 9.47 Å². The molecule has 0 unspecified atom stereocenters. The molecule has 2 aromatic carbocycles. The van der Waals surface area contributed by atoms with Gasteiger partial charge in [0.15, 0.2) is 11.5 Å². The van der Waals surface area contributed by atoms with Crippen molar-refractivity contribution in [1.82, 2.24) is 5.32 Å². The Morgan fingerprint density at radius 2 is 1.70 bits per heavy atom. The number of nitrogens with one attached hydrogen (secondary N) is 1. The van der Waals surface area contributed by atoms with Gasteiger partial charge in [0.2, 0.25) is 0 Å². The molecular weight excluding hydrogens is 270 g/mol. The van der Waals surface area contributed by atoms with Crippen LogP contribution in [0.5, 0.6) is 11.5 Å². The van der Waals surface area contributed by atoms with Crippen molar-refractivity contribution in [2.45, 2.75) is 6.54 Å². The summed E-state index contributed by atoms with van der Waals surface area (Å²) in [5.41, 5.74) is 2.10. The van der Waals surface area contributed by atoms with E-state index in [0.717, 1.165) is 5.56 Å². The van der Waals surface area contributed by atoms with E-state index in [-0.39, 0.29) is 0 Å². The molecule has 0 bridgehead atoms. The third kappa shape index (κ3) is 3.48. The van der Waals surface area contributed by atoms with Crippen molar-refractivity contribution in [2.75, 3.05) is 14.2 Å². The van der Waals surface area contributed by atoms with Gasteiger partial charge in [-0.1, -0.05) is 42.5 Å². The van der Waals surface area contributed by atoms with E-state index in [1.165, 1.54) is 5.56 Å². The second-order valence-corrected chi connectivity index (χ2v) is 4.65. The third-order valence-corrected chi connectivity index (χ3v) is 3.32. The fourth-order valence-electron chi connectivity index (χ4n) is 1.86. The lowest BCUT2D eigenvalue weighted by atomic mass is 10.2. The molecule has 0 saturated heterocycles. The lowest BCUT2D eigenvalue weighted by molar-refractivity contribution is 0.355. The fourth-order valence-corrected chi connectivity index (χ4v) is 2.06. The molecule has 104 valence electrons. The van der Waals surface area contributed by atoms with Crippen molar-refractivity contribution in [3.05, 3.63) is 59.7 Å². The van der Waals surface area contributed by atoms with Crippen LogP contribution in [0.2, 0.25) is 0 Å². The molecule has 4 heteroatoms. The number of hydrogen-bond donors (Lipinski definition) is 1. The first-order valence-electron chi connectivity index (χ1n) is 6.28. The van der Waals surface area contributed by atoms with Crippen LogP contribution in [0.1, 0.15) is 11.1 Å². The summed E-state index contributed by atoms with van der Waals surface area (Å²) in [5, 5.41) is 3.24. The molecule has 0 spiro atoms. The normalized spacial score (nSPS) is 9.90. The van der Waals surface area contributed by atoms with Gasteiger partial charge in [-0.3, -0.25) is 0 Å². The van der Waals surface area contributed by atoms with Crippen molar-refractivity contribution >= 4 is 17.2 Å². The summed E-state index contributed by atoms with van der Waals surface area (Å²) in [7, 11) is 3.23. The first kappa shape index (κ1) is 14.3. The molecule has 0 aromatic heterocycles. The van der Waals surface area contributed by atoms with Crippen LogP contribution in [0.15, 0.2) is 48.5 Å². The number of benzene rings is 2. The van der Waals surface area contributed by atoms with Gasteiger partial charge in [0.1, 0.15) is 4.99 Å². The monoisotopic (exact) mass is 287 g/mol. The summed E-state index contributed by atoms with van der Waals surface area (Å²) in [4.78, 5) is 0.690. The summed E-state index contributed by atoms with van der Waals surface area (Å²) >= 11 is 5.40. The minimum absolute atomic E-state index is 0.675. The quantitative estimate of drug-likeness (QED) is 0.856. The zero-order valence-electron chi connectivity index (χ0n) is 11.6. The van der Waals surface area contributed by atoms with Crippen LogP contribution >= 0.6 is 12.2 Å². The highest BCUT2D eigenvalue weighted by Crippen LogP contribution is 2.27. The molecule has 0 amide bonds. The van der Waals surface area contributed by atoms with E-state index in [4.69, 9.17) is 21.7 Å². The number of methoxy groups -OCH3 is 2. The van der Waals surface area contributed by atoms with Gasteiger partial charge in [-0.05, 0) is 23.8 Å². The van der Waals surface area contributed by atoms with Gasteiger partial charge in [-0.25, -0.2) is 0 Å².